The van der Waals surface area contributed by atoms with E-state index in [4.69, 9.17) is 14.2 Å². The van der Waals surface area contributed by atoms with Crippen molar-refractivity contribution in [2.24, 2.45) is 11.8 Å². The average Bonchev–Trinajstić information content (AvgIpc) is 3.15. The first-order chi connectivity index (χ1) is 14.1. The summed E-state index contributed by atoms with van der Waals surface area (Å²) in [5, 5.41) is 1.19. The number of ether oxygens (including phenoxy) is 3. The summed E-state index contributed by atoms with van der Waals surface area (Å²) in [6.45, 7) is 4.19. The van der Waals surface area contributed by atoms with Crippen LogP contribution < -0.4 is 4.74 Å². The fourth-order valence-corrected chi connectivity index (χ4v) is 5.28. The zero-order valence-corrected chi connectivity index (χ0v) is 17.7. The Kier molecular flexibility index (Phi) is 5.54. The number of piperidine rings is 1. The van der Waals surface area contributed by atoms with Crippen LogP contribution in [0.15, 0.2) is 30.0 Å². The molecule has 0 radical (unpaired) electrons. The van der Waals surface area contributed by atoms with Crippen LogP contribution in [0.1, 0.15) is 37.1 Å². The Bertz CT molecular complexity index is 932. The van der Waals surface area contributed by atoms with Gasteiger partial charge >= 0.3 is 5.97 Å². The average molecular weight is 399 g/mol. The molecule has 6 nitrogen and oxygen atoms in total. The number of methoxy groups -OCH3 is 3. The number of carbonyl (C=O) groups excluding carboxylic acids is 1. The van der Waals surface area contributed by atoms with Gasteiger partial charge in [-0.3, -0.25) is 4.90 Å². The first-order valence-electron chi connectivity index (χ1n) is 10.4. The summed E-state index contributed by atoms with van der Waals surface area (Å²) in [4.78, 5) is 18.7. The minimum absolute atomic E-state index is 0.105. The zero-order valence-electron chi connectivity index (χ0n) is 17.7. The van der Waals surface area contributed by atoms with Crippen LogP contribution in [0, 0.1) is 11.8 Å². The molecule has 1 N–H and O–H groups in total. The number of fused-ring (bicyclic) bond motifs is 5. The molecule has 0 amide bonds. The van der Waals surface area contributed by atoms with Crippen LogP contribution in [0.2, 0.25) is 0 Å². The van der Waals surface area contributed by atoms with E-state index in [1.807, 2.05) is 12.1 Å². The fourth-order valence-electron chi connectivity index (χ4n) is 5.28. The van der Waals surface area contributed by atoms with Crippen LogP contribution in [0.3, 0.4) is 0 Å². The van der Waals surface area contributed by atoms with Crippen molar-refractivity contribution >= 4 is 16.9 Å². The highest BCUT2D eigenvalue weighted by Gasteiger charge is 2.42. The van der Waals surface area contributed by atoms with Gasteiger partial charge in [-0.2, -0.15) is 0 Å². The molecular weight excluding hydrogens is 368 g/mol. The summed E-state index contributed by atoms with van der Waals surface area (Å²) in [5.41, 5.74) is 4.37. The molecule has 29 heavy (non-hydrogen) atoms. The van der Waals surface area contributed by atoms with Crippen LogP contribution in [-0.4, -0.2) is 50.3 Å². The molecule has 0 saturated carbocycles. The molecule has 3 atom stereocenters. The molecule has 2 aromatic rings. The smallest absolute Gasteiger partial charge is 0.337 e. The SMILES string of the molecule is CC[C@@H]1CN2CCc3c([nH]c4cccc(OC)c34)C2CC1/C(=C/OC)C(=O)OC. The molecule has 4 rings (SSSR count). The molecule has 1 fully saturated rings. The number of aromatic nitrogens is 1. The minimum atomic E-state index is -0.293. The Morgan fingerprint density at radius 3 is 2.83 bits per heavy atom. The van der Waals surface area contributed by atoms with Gasteiger partial charge in [0.2, 0.25) is 0 Å². The van der Waals surface area contributed by atoms with E-state index < -0.39 is 0 Å². The molecule has 1 aromatic carbocycles. The minimum Gasteiger partial charge on any atom is -0.504 e. The van der Waals surface area contributed by atoms with Crippen molar-refractivity contribution in [2.75, 3.05) is 34.4 Å². The number of nitrogens with zero attached hydrogens (tertiary/aromatic N) is 1. The molecule has 2 aliphatic rings. The lowest BCUT2D eigenvalue weighted by atomic mass is 9.74. The molecule has 3 heterocycles. The quantitative estimate of drug-likeness (QED) is 0.471. The number of H-pyrrole nitrogens is 1. The van der Waals surface area contributed by atoms with Gasteiger partial charge in [0.05, 0.1) is 39.2 Å². The molecule has 1 aromatic heterocycles. The van der Waals surface area contributed by atoms with Crippen molar-refractivity contribution in [3.05, 3.63) is 41.3 Å². The predicted octanol–water partition coefficient (Wildman–Crippen LogP) is 3.83. The molecule has 2 unspecified atom stereocenters. The lowest BCUT2D eigenvalue weighted by Gasteiger charge is -2.46. The molecule has 6 heteroatoms. The molecule has 1 saturated heterocycles. The van der Waals surface area contributed by atoms with E-state index in [-0.39, 0.29) is 17.9 Å². The standard InChI is InChI=1S/C23H30N2O4/c1-5-14-12-25-10-9-15-21-18(7-6-8-20(21)28-3)24-22(15)19(25)11-16(14)17(13-27-2)23(26)29-4/h6-8,13-14,16,19,24H,5,9-12H2,1-4H3/b17-13-/t14-,16?,19?/m1/s1. The van der Waals surface area contributed by atoms with Gasteiger partial charge in [0.25, 0.3) is 0 Å². The van der Waals surface area contributed by atoms with Gasteiger partial charge in [-0.05, 0) is 42.4 Å². The van der Waals surface area contributed by atoms with E-state index in [0.717, 1.165) is 43.6 Å². The van der Waals surface area contributed by atoms with Crippen molar-refractivity contribution < 1.29 is 19.0 Å². The van der Waals surface area contributed by atoms with E-state index in [2.05, 4.69) is 22.9 Å². The van der Waals surface area contributed by atoms with Crippen molar-refractivity contribution in [1.82, 2.24) is 9.88 Å². The number of hydrogen-bond acceptors (Lipinski definition) is 5. The van der Waals surface area contributed by atoms with Crippen LogP contribution in [0.25, 0.3) is 10.9 Å². The fraction of sp³-hybridized carbons (Fsp3) is 0.522. The number of aromatic amines is 1. The maximum absolute atomic E-state index is 12.5. The Hall–Kier alpha value is -2.47. The lowest BCUT2D eigenvalue weighted by Crippen LogP contribution is -2.47. The first-order valence-corrected chi connectivity index (χ1v) is 10.4. The summed E-state index contributed by atoms with van der Waals surface area (Å²) < 4.78 is 16.0. The van der Waals surface area contributed by atoms with Gasteiger partial charge in [0.1, 0.15) is 5.75 Å². The van der Waals surface area contributed by atoms with E-state index >= 15 is 0 Å². The first kappa shape index (κ1) is 19.8. The molecule has 156 valence electrons. The Balaban J connectivity index is 1.76. The van der Waals surface area contributed by atoms with Crippen molar-refractivity contribution in [3.8, 4) is 5.75 Å². The Labute approximate surface area is 171 Å². The second kappa shape index (κ2) is 8.11. The Morgan fingerprint density at radius 2 is 2.14 bits per heavy atom. The summed E-state index contributed by atoms with van der Waals surface area (Å²) in [7, 11) is 4.75. The molecule has 0 spiro atoms. The summed E-state index contributed by atoms with van der Waals surface area (Å²) in [6, 6.07) is 6.40. The zero-order chi connectivity index (χ0) is 20.5. The second-order valence-electron chi connectivity index (χ2n) is 7.97. The van der Waals surface area contributed by atoms with E-state index in [1.54, 1.807) is 20.5 Å². The van der Waals surface area contributed by atoms with Gasteiger partial charge in [-0.25, -0.2) is 4.79 Å². The van der Waals surface area contributed by atoms with Crippen LogP contribution in [0.5, 0.6) is 5.75 Å². The number of benzene rings is 1. The highest BCUT2D eigenvalue weighted by molar-refractivity contribution is 5.91. The highest BCUT2D eigenvalue weighted by Crippen LogP contribution is 2.47. The third kappa shape index (κ3) is 3.29. The number of carbonyl (C=O) groups is 1. The number of hydrogen-bond donors (Lipinski definition) is 1. The van der Waals surface area contributed by atoms with Crippen LogP contribution >= 0.6 is 0 Å². The predicted molar refractivity (Wildman–Crippen MR) is 112 cm³/mol. The van der Waals surface area contributed by atoms with Crippen LogP contribution in [-0.2, 0) is 20.7 Å². The van der Waals surface area contributed by atoms with Gasteiger partial charge in [0.15, 0.2) is 0 Å². The van der Waals surface area contributed by atoms with Gasteiger partial charge in [-0.15, -0.1) is 0 Å². The lowest BCUT2D eigenvalue weighted by molar-refractivity contribution is -0.137. The number of rotatable bonds is 5. The molecular formula is C23H30N2O4. The number of esters is 1. The van der Waals surface area contributed by atoms with Crippen LogP contribution in [0.4, 0.5) is 0 Å². The van der Waals surface area contributed by atoms with Crippen molar-refractivity contribution in [2.45, 2.75) is 32.2 Å². The third-order valence-corrected chi connectivity index (χ3v) is 6.67. The largest absolute Gasteiger partial charge is 0.504 e. The normalized spacial score (nSPS) is 24.7. The monoisotopic (exact) mass is 398 g/mol. The van der Waals surface area contributed by atoms with E-state index in [1.165, 1.54) is 23.8 Å². The maximum Gasteiger partial charge on any atom is 0.337 e. The van der Waals surface area contributed by atoms with Crippen molar-refractivity contribution in [3.63, 3.8) is 0 Å². The number of nitrogens with one attached hydrogen (secondary N) is 1. The third-order valence-electron chi connectivity index (χ3n) is 6.67. The maximum atomic E-state index is 12.5. The molecule has 2 aliphatic heterocycles. The van der Waals surface area contributed by atoms with E-state index in [0.29, 0.717) is 11.5 Å². The summed E-state index contributed by atoms with van der Waals surface area (Å²) in [6.07, 6.45) is 4.46. The van der Waals surface area contributed by atoms with Gasteiger partial charge in [0, 0.05) is 29.7 Å². The summed E-state index contributed by atoms with van der Waals surface area (Å²) in [5.74, 6) is 1.12. The second-order valence-corrected chi connectivity index (χ2v) is 7.97. The van der Waals surface area contributed by atoms with Crippen molar-refractivity contribution in [1.29, 1.82) is 0 Å². The Morgan fingerprint density at radius 1 is 1.31 bits per heavy atom. The summed E-state index contributed by atoms with van der Waals surface area (Å²) >= 11 is 0. The van der Waals surface area contributed by atoms with Gasteiger partial charge in [-0.1, -0.05) is 19.4 Å². The van der Waals surface area contributed by atoms with E-state index in [9.17, 15) is 4.79 Å². The van der Waals surface area contributed by atoms with Gasteiger partial charge < -0.3 is 19.2 Å². The molecule has 0 bridgehead atoms. The molecule has 0 aliphatic carbocycles. The highest BCUT2D eigenvalue weighted by atomic mass is 16.5. The topological polar surface area (TPSA) is 63.8 Å².